The lowest BCUT2D eigenvalue weighted by atomic mass is 9.95. The highest BCUT2D eigenvalue weighted by Gasteiger charge is 2.39. The lowest BCUT2D eigenvalue weighted by Crippen LogP contribution is -2.47. The summed E-state index contributed by atoms with van der Waals surface area (Å²) in [4.78, 5) is 12.2. The van der Waals surface area contributed by atoms with Crippen LogP contribution in [0.5, 0.6) is 0 Å². The highest BCUT2D eigenvalue weighted by Crippen LogP contribution is 2.22. The average Bonchev–Trinajstić information content (AvgIpc) is 2.63. The maximum absolute atomic E-state index is 12.2. The molecule has 0 aliphatic carbocycles. The molecule has 19 heavy (non-hydrogen) atoms. The second-order valence-electron chi connectivity index (χ2n) is 5.37. The van der Waals surface area contributed by atoms with E-state index in [4.69, 9.17) is 9.47 Å². The predicted octanol–water partition coefficient (Wildman–Crippen LogP) is -0.270. The summed E-state index contributed by atoms with van der Waals surface area (Å²) < 4.78 is 33.7. The van der Waals surface area contributed by atoms with Gasteiger partial charge in [-0.25, -0.2) is 8.42 Å². The standard InChI is InChI=1S/C12H21NO5S/c1-8-5-9(3-4-18-8)12(14)13-10-6-19(15,16)7-11(10)17-2/h8-11H,3-7H2,1-2H3,(H,13,14). The number of sulfone groups is 1. The van der Waals surface area contributed by atoms with Crippen LogP contribution in [0.1, 0.15) is 19.8 Å². The first kappa shape index (κ1) is 14.7. The zero-order chi connectivity index (χ0) is 14.0. The summed E-state index contributed by atoms with van der Waals surface area (Å²) in [5.41, 5.74) is 0. The van der Waals surface area contributed by atoms with E-state index in [1.807, 2.05) is 6.92 Å². The number of amides is 1. The molecule has 7 heteroatoms. The van der Waals surface area contributed by atoms with Crippen molar-refractivity contribution in [2.75, 3.05) is 25.2 Å². The van der Waals surface area contributed by atoms with Gasteiger partial charge in [-0.2, -0.15) is 0 Å². The van der Waals surface area contributed by atoms with Crippen LogP contribution in [-0.2, 0) is 24.1 Å². The van der Waals surface area contributed by atoms with E-state index in [-0.39, 0.29) is 29.4 Å². The van der Waals surface area contributed by atoms with E-state index in [0.29, 0.717) is 19.4 Å². The minimum Gasteiger partial charge on any atom is -0.378 e. The number of hydrogen-bond donors (Lipinski definition) is 1. The number of ether oxygens (including phenoxy) is 2. The molecular formula is C12H21NO5S. The first-order chi connectivity index (χ1) is 8.91. The topological polar surface area (TPSA) is 81.7 Å². The van der Waals surface area contributed by atoms with Gasteiger partial charge in [-0.1, -0.05) is 0 Å². The van der Waals surface area contributed by atoms with Gasteiger partial charge in [0.05, 0.1) is 29.8 Å². The Balaban J connectivity index is 1.94. The number of hydrogen-bond acceptors (Lipinski definition) is 5. The van der Waals surface area contributed by atoms with Gasteiger partial charge in [0.2, 0.25) is 5.91 Å². The van der Waals surface area contributed by atoms with Crippen molar-refractivity contribution in [3.63, 3.8) is 0 Å². The summed E-state index contributed by atoms with van der Waals surface area (Å²) in [5, 5.41) is 2.83. The van der Waals surface area contributed by atoms with Crippen LogP contribution >= 0.6 is 0 Å². The molecule has 0 aromatic carbocycles. The molecule has 2 fully saturated rings. The van der Waals surface area contributed by atoms with E-state index >= 15 is 0 Å². The molecule has 4 atom stereocenters. The Morgan fingerprint density at radius 3 is 2.74 bits per heavy atom. The number of methoxy groups -OCH3 is 1. The molecule has 2 aliphatic heterocycles. The monoisotopic (exact) mass is 291 g/mol. The molecule has 2 heterocycles. The fourth-order valence-corrected chi connectivity index (χ4v) is 4.57. The van der Waals surface area contributed by atoms with Crippen molar-refractivity contribution >= 4 is 15.7 Å². The Kier molecular flexibility index (Phi) is 4.47. The van der Waals surface area contributed by atoms with E-state index in [0.717, 1.165) is 0 Å². The molecule has 110 valence electrons. The van der Waals surface area contributed by atoms with E-state index in [1.165, 1.54) is 7.11 Å². The van der Waals surface area contributed by atoms with Gasteiger partial charge in [0.1, 0.15) is 0 Å². The zero-order valence-electron chi connectivity index (χ0n) is 11.3. The molecule has 2 rings (SSSR count). The van der Waals surface area contributed by atoms with Crippen molar-refractivity contribution in [2.45, 2.75) is 38.0 Å². The third-order valence-electron chi connectivity index (χ3n) is 3.79. The molecule has 1 N–H and O–H groups in total. The summed E-state index contributed by atoms with van der Waals surface area (Å²) in [6, 6.07) is -0.430. The maximum atomic E-state index is 12.2. The third-order valence-corrected chi connectivity index (χ3v) is 5.49. The van der Waals surface area contributed by atoms with Gasteiger partial charge in [-0.15, -0.1) is 0 Å². The summed E-state index contributed by atoms with van der Waals surface area (Å²) in [7, 11) is -1.63. The molecule has 6 nitrogen and oxygen atoms in total. The van der Waals surface area contributed by atoms with Gasteiger partial charge in [-0.05, 0) is 19.8 Å². The van der Waals surface area contributed by atoms with Crippen molar-refractivity contribution in [2.24, 2.45) is 5.92 Å². The highest BCUT2D eigenvalue weighted by atomic mass is 32.2. The van der Waals surface area contributed by atoms with Crippen LogP contribution in [0.3, 0.4) is 0 Å². The van der Waals surface area contributed by atoms with Gasteiger partial charge in [0.15, 0.2) is 9.84 Å². The van der Waals surface area contributed by atoms with Crippen LogP contribution in [0.25, 0.3) is 0 Å². The van der Waals surface area contributed by atoms with Crippen LogP contribution in [0.15, 0.2) is 0 Å². The fraction of sp³-hybridized carbons (Fsp3) is 0.917. The molecule has 0 spiro atoms. The summed E-state index contributed by atoms with van der Waals surface area (Å²) in [6.07, 6.45) is 1.01. The molecule has 0 aromatic rings. The summed E-state index contributed by atoms with van der Waals surface area (Å²) in [6.45, 7) is 2.52. The molecule has 4 unspecified atom stereocenters. The van der Waals surface area contributed by atoms with Crippen LogP contribution in [0.4, 0.5) is 0 Å². The highest BCUT2D eigenvalue weighted by molar-refractivity contribution is 7.91. The molecule has 0 saturated carbocycles. The largest absolute Gasteiger partial charge is 0.378 e. The minimum atomic E-state index is -3.11. The Morgan fingerprint density at radius 2 is 2.11 bits per heavy atom. The van der Waals surface area contributed by atoms with E-state index in [9.17, 15) is 13.2 Å². The van der Waals surface area contributed by atoms with Crippen LogP contribution in [0.2, 0.25) is 0 Å². The van der Waals surface area contributed by atoms with E-state index in [2.05, 4.69) is 5.32 Å². The van der Waals surface area contributed by atoms with Crippen molar-refractivity contribution in [3.8, 4) is 0 Å². The maximum Gasteiger partial charge on any atom is 0.223 e. The number of nitrogens with one attached hydrogen (secondary N) is 1. The second kappa shape index (κ2) is 5.76. The van der Waals surface area contributed by atoms with Gasteiger partial charge < -0.3 is 14.8 Å². The lowest BCUT2D eigenvalue weighted by Gasteiger charge is -2.28. The molecule has 2 saturated heterocycles. The SMILES string of the molecule is COC1CS(=O)(=O)CC1NC(=O)C1CCOC(C)C1. The molecule has 0 aromatic heterocycles. The van der Waals surface area contributed by atoms with Gasteiger partial charge >= 0.3 is 0 Å². The number of carbonyl (C=O) groups is 1. The molecule has 0 bridgehead atoms. The smallest absolute Gasteiger partial charge is 0.223 e. The Bertz CT molecular complexity index is 435. The zero-order valence-corrected chi connectivity index (χ0v) is 12.1. The normalized spacial score (nSPS) is 38.0. The van der Waals surface area contributed by atoms with Crippen molar-refractivity contribution in [1.29, 1.82) is 0 Å². The van der Waals surface area contributed by atoms with Crippen molar-refractivity contribution in [1.82, 2.24) is 5.32 Å². The van der Waals surface area contributed by atoms with E-state index < -0.39 is 22.0 Å². The van der Waals surface area contributed by atoms with Crippen LogP contribution in [-0.4, -0.2) is 57.8 Å². The molecular weight excluding hydrogens is 270 g/mol. The Hall–Kier alpha value is -0.660. The average molecular weight is 291 g/mol. The molecule has 0 radical (unpaired) electrons. The number of carbonyl (C=O) groups excluding carboxylic acids is 1. The van der Waals surface area contributed by atoms with Crippen LogP contribution in [0, 0.1) is 5.92 Å². The lowest BCUT2D eigenvalue weighted by molar-refractivity contribution is -0.131. The first-order valence-electron chi connectivity index (χ1n) is 6.56. The van der Waals surface area contributed by atoms with Gasteiger partial charge in [0, 0.05) is 19.6 Å². The van der Waals surface area contributed by atoms with Gasteiger partial charge in [0.25, 0.3) is 0 Å². The first-order valence-corrected chi connectivity index (χ1v) is 8.38. The predicted molar refractivity (Wildman–Crippen MR) is 69.5 cm³/mol. The fourth-order valence-electron chi connectivity index (χ4n) is 2.72. The van der Waals surface area contributed by atoms with Crippen molar-refractivity contribution in [3.05, 3.63) is 0 Å². The van der Waals surface area contributed by atoms with E-state index in [1.54, 1.807) is 0 Å². The third kappa shape index (κ3) is 3.67. The second-order valence-corrected chi connectivity index (χ2v) is 7.52. The summed E-state index contributed by atoms with van der Waals surface area (Å²) in [5.74, 6) is -0.224. The van der Waals surface area contributed by atoms with Crippen LogP contribution < -0.4 is 5.32 Å². The van der Waals surface area contributed by atoms with Crippen molar-refractivity contribution < 1.29 is 22.7 Å². The Morgan fingerprint density at radius 1 is 1.37 bits per heavy atom. The summed E-state index contributed by atoms with van der Waals surface area (Å²) >= 11 is 0. The minimum absolute atomic E-state index is 0.0153. The quantitative estimate of drug-likeness (QED) is 0.774. The number of rotatable bonds is 3. The Labute approximate surface area is 113 Å². The molecule has 2 aliphatic rings. The molecule has 1 amide bonds. The van der Waals surface area contributed by atoms with Gasteiger partial charge in [-0.3, -0.25) is 4.79 Å².